The summed E-state index contributed by atoms with van der Waals surface area (Å²) in [5.74, 6) is -0.331. The summed E-state index contributed by atoms with van der Waals surface area (Å²) in [4.78, 5) is 25.3. The number of amides is 1. The van der Waals surface area contributed by atoms with Crippen molar-refractivity contribution in [3.63, 3.8) is 0 Å². The van der Waals surface area contributed by atoms with Crippen LogP contribution in [0.15, 0.2) is 6.33 Å². The number of carboxylic acid groups (broad SMARTS) is 1. The van der Waals surface area contributed by atoms with Gasteiger partial charge in [-0.3, -0.25) is 9.59 Å². The van der Waals surface area contributed by atoms with E-state index in [-0.39, 0.29) is 24.1 Å². The van der Waals surface area contributed by atoms with Crippen LogP contribution in [0.4, 0.5) is 0 Å². The second-order valence-electron chi connectivity index (χ2n) is 6.23. The molecule has 3 rings (SSSR count). The monoisotopic (exact) mass is 403 g/mol. The molecule has 0 radical (unpaired) electrons. The number of aryl methyl sites for hydroxylation is 1. The van der Waals surface area contributed by atoms with Crippen LogP contribution in [0.25, 0.3) is 0 Å². The number of carbonyl (C=O) groups is 2. The van der Waals surface area contributed by atoms with E-state index in [2.05, 4.69) is 15.4 Å². The first-order valence-corrected chi connectivity index (χ1v) is 10.3. The number of fused-ring (bicyclic) bond motifs is 1. The standard InChI is InChI=1S/C13H21N5O4S.C2H4O2/c19-13(11-1-2-12-15-10-16-18(12)9-11)14-3-8-23(20,21)17-4-6-22-7-5-17;1-2(3)4/h10-11H,1-9H2,(H,14,19);1H3,(H,3,4). The van der Waals surface area contributed by atoms with Gasteiger partial charge in [-0.25, -0.2) is 18.1 Å². The first-order chi connectivity index (χ1) is 12.8. The number of aliphatic carboxylic acids is 1. The second kappa shape index (κ2) is 9.76. The number of ether oxygens (including phenoxy) is 1. The number of carboxylic acids is 1. The van der Waals surface area contributed by atoms with E-state index in [1.54, 1.807) is 4.68 Å². The number of nitrogens with one attached hydrogen (secondary N) is 1. The highest BCUT2D eigenvalue weighted by atomic mass is 32.2. The molecule has 2 aliphatic heterocycles. The fourth-order valence-electron chi connectivity index (χ4n) is 2.85. The van der Waals surface area contributed by atoms with Gasteiger partial charge in [0.1, 0.15) is 12.2 Å². The Balaban J connectivity index is 0.000000596. The van der Waals surface area contributed by atoms with Crippen LogP contribution in [-0.4, -0.2) is 83.1 Å². The molecule has 2 aliphatic rings. The zero-order valence-electron chi connectivity index (χ0n) is 15.2. The maximum atomic E-state index is 12.2. The van der Waals surface area contributed by atoms with Crippen molar-refractivity contribution in [1.29, 1.82) is 0 Å². The quantitative estimate of drug-likeness (QED) is 0.618. The molecule has 1 unspecified atom stereocenters. The van der Waals surface area contributed by atoms with Crippen LogP contribution in [0.1, 0.15) is 19.2 Å². The summed E-state index contributed by atoms with van der Waals surface area (Å²) < 4.78 is 32.6. The maximum Gasteiger partial charge on any atom is 0.300 e. The number of carbonyl (C=O) groups excluding carboxylic acids is 1. The minimum Gasteiger partial charge on any atom is -0.481 e. The van der Waals surface area contributed by atoms with E-state index in [9.17, 15) is 13.2 Å². The van der Waals surface area contributed by atoms with Crippen LogP contribution in [0.5, 0.6) is 0 Å². The van der Waals surface area contributed by atoms with Gasteiger partial charge >= 0.3 is 0 Å². The fraction of sp³-hybridized carbons (Fsp3) is 0.733. The summed E-state index contributed by atoms with van der Waals surface area (Å²) in [6.07, 6.45) is 2.91. The highest BCUT2D eigenvalue weighted by Gasteiger charge is 2.27. The van der Waals surface area contributed by atoms with Gasteiger partial charge in [0, 0.05) is 33.0 Å². The highest BCUT2D eigenvalue weighted by molar-refractivity contribution is 7.89. The van der Waals surface area contributed by atoms with E-state index in [4.69, 9.17) is 14.6 Å². The van der Waals surface area contributed by atoms with Crippen molar-refractivity contribution < 1.29 is 27.9 Å². The predicted molar refractivity (Wildman–Crippen MR) is 94.3 cm³/mol. The summed E-state index contributed by atoms with van der Waals surface area (Å²) in [5.41, 5.74) is 0. The molecule has 1 saturated heterocycles. The van der Waals surface area contributed by atoms with Crippen LogP contribution >= 0.6 is 0 Å². The van der Waals surface area contributed by atoms with Gasteiger partial charge in [-0.2, -0.15) is 9.40 Å². The van der Waals surface area contributed by atoms with Gasteiger partial charge in [-0.15, -0.1) is 0 Å². The smallest absolute Gasteiger partial charge is 0.300 e. The van der Waals surface area contributed by atoms with Crippen LogP contribution in [0.2, 0.25) is 0 Å². The van der Waals surface area contributed by atoms with Crippen LogP contribution in [-0.2, 0) is 37.3 Å². The van der Waals surface area contributed by atoms with E-state index in [1.807, 2.05) is 0 Å². The van der Waals surface area contributed by atoms with Crippen molar-refractivity contribution in [3.05, 3.63) is 12.2 Å². The third-order valence-electron chi connectivity index (χ3n) is 4.20. The molecule has 1 aromatic rings. The van der Waals surface area contributed by atoms with E-state index < -0.39 is 16.0 Å². The molecule has 152 valence electrons. The SMILES string of the molecule is CC(=O)O.O=C(NCCS(=O)(=O)N1CCOCC1)C1CCc2ncnn2C1. The fourth-order valence-corrected chi connectivity index (χ4v) is 4.18. The second-order valence-corrected chi connectivity index (χ2v) is 8.32. The van der Waals surface area contributed by atoms with Crippen molar-refractivity contribution in [2.75, 3.05) is 38.6 Å². The first-order valence-electron chi connectivity index (χ1n) is 8.69. The Kier molecular flexibility index (Phi) is 7.68. The molecule has 1 atom stereocenters. The molecule has 0 spiro atoms. The molecule has 0 aromatic carbocycles. The minimum absolute atomic E-state index is 0.0833. The number of sulfonamides is 1. The largest absolute Gasteiger partial charge is 0.481 e. The lowest BCUT2D eigenvalue weighted by Gasteiger charge is -2.26. The number of hydrogen-bond acceptors (Lipinski definition) is 7. The zero-order valence-corrected chi connectivity index (χ0v) is 16.0. The average molecular weight is 403 g/mol. The maximum absolute atomic E-state index is 12.2. The Morgan fingerprint density at radius 3 is 2.70 bits per heavy atom. The van der Waals surface area contributed by atoms with Gasteiger partial charge in [-0.1, -0.05) is 0 Å². The number of morpholine rings is 1. The molecule has 11 nitrogen and oxygen atoms in total. The zero-order chi connectivity index (χ0) is 19.9. The molecule has 0 saturated carbocycles. The Morgan fingerprint density at radius 1 is 1.37 bits per heavy atom. The summed E-state index contributed by atoms with van der Waals surface area (Å²) >= 11 is 0. The van der Waals surface area contributed by atoms with Gasteiger partial charge < -0.3 is 15.2 Å². The van der Waals surface area contributed by atoms with Crippen molar-refractivity contribution in [2.24, 2.45) is 5.92 Å². The average Bonchev–Trinajstić information content (AvgIpc) is 3.09. The third kappa shape index (κ3) is 6.56. The van der Waals surface area contributed by atoms with Crippen molar-refractivity contribution in [1.82, 2.24) is 24.4 Å². The van der Waals surface area contributed by atoms with Gasteiger partial charge in [0.2, 0.25) is 15.9 Å². The van der Waals surface area contributed by atoms with Crippen LogP contribution in [0.3, 0.4) is 0 Å². The molecule has 1 aromatic heterocycles. The first kappa shape index (κ1) is 21.3. The van der Waals surface area contributed by atoms with Crippen molar-refractivity contribution in [2.45, 2.75) is 26.3 Å². The number of hydrogen-bond donors (Lipinski definition) is 2. The summed E-state index contributed by atoms with van der Waals surface area (Å²) in [5, 5.41) is 14.2. The Hall–Kier alpha value is -2.05. The predicted octanol–water partition coefficient (Wildman–Crippen LogP) is -1.29. The molecule has 27 heavy (non-hydrogen) atoms. The Labute approximate surface area is 157 Å². The van der Waals surface area contributed by atoms with E-state index in [0.29, 0.717) is 45.7 Å². The summed E-state index contributed by atoms with van der Waals surface area (Å²) in [6.45, 7) is 3.32. The Morgan fingerprint density at radius 2 is 2.04 bits per heavy atom. The molecule has 1 fully saturated rings. The van der Waals surface area contributed by atoms with Gasteiger partial charge in [0.25, 0.3) is 5.97 Å². The lowest BCUT2D eigenvalue weighted by atomic mass is 9.99. The topological polar surface area (TPSA) is 144 Å². The van der Waals surface area contributed by atoms with Crippen molar-refractivity contribution >= 4 is 21.9 Å². The Bertz CT molecular complexity index is 740. The number of aromatic nitrogens is 3. The van der Waals surface area contributed by atoms with Gasteiger partial charge in [-0.05, 0) is 6.42 Å². The molecule has 0 aliphatic carbocycles. The molecule has 12 heteroatoms. The molecule has 0 bridgehead atoms. The van der Waals surface area contributed by atoms with E-state index in [1.165, 1.54) is 10.6 Å². The van der Waals surface area contributed by atoms with E-state index in [0.717, 1.165) is 12.7 Å². The van der Waals surface area contributed by atoms with Gasteiger partial charge in [0.15, 0.2) is 0 Å². The lowest BCUT2D eigenvalue weighted by molar-refractivity contribution is -0.134. The minimum atomic E-state index is -3.34. The van der Waals surface area contributed by atoms with Crippen LogP contribution < -0.4 is 5.32 Å². The normalized spacial score (nSPS) is 20.1. The lowest BCUT2D eigenvalue weighted by Crippen LogP contribution is -2.44. The molecular formula is C15H25N5O6S. The summed E-state index contributed by atoms with van der Waals surface area (Å²) in [7, 11) is -3.34. The molecule has 1 amide bonds. The van der Waals surface area contributed by atoms with E-state index >= 15 is 0 Å². The highest BCUT2D eigenvalue weighted by Crippen LogP contribution is 2.17. The van der Waals surface area contributed by atoms with Gasteiger partial charge in [0.05, 0.1) is 31.4 Å². The van der Waals surface area contributed by atoms with Crippen LogP contribution in [0, 0.1) is 5.92 Å². The number of nitrogens with zero attached hydrogens (tertiary/aromatic N) is 4. The number of rotatable bonds is 5. The van der Waals surface area contributed by atoms with Crippen molar-refractivity contribution in [3.8, 4) is 0 Å². The molecular weight excluding hydrogens is 378 g/mol. The third-order valence-corrected chi connectivity index (χ3v) is 6.07. The molecule has 2 N–H and O–H groups in total. The molecule has 3 heterocycles. The summed E-state index contributed by atoms with van der Waals surface area (Å²) in [6, 6.07) is 0.